The second-order valence-corrected chi connectivity index (χ2v) is 9.07. The number of hydrogen-bond acceptors (Lipinski definition) is 5. The Morgan fingerprint density at radius 3 is 2.35 bits per heavy atom. The average molecular weight is 552 g/mol. The van der Waals surface area contributed by atoms with Crippen molar-refractivity contribution in [1.82, 2.24) is 0 Å². The van der Waals surface area contributed by atoms with Crippen LogP contribution in [0.3, 0.4) is 0 Å². The molecule has 2 aromatic carbocycles. The molecule has 0 aliphatic rings. The fourth-order valence-electron chi connectivity index (χ4n) is 3.30. The Kier molecular flexibility index (Phi) is 7.94. The summed E-state index contributed by atoms with van der Waals surface area (Å²) < 4.78 is 12.3. The van der Waals surface area contributed by atoms with E-state index in [-0.39, 0.29) is 17.5 Å². The number of ketones is 1. The third-order valence-corrected chi connectivity index (χ3v) is 6.17. The van der Waals surface area contributed by atoms with Crippen LogP contribution in [0, 0.1) is 0 Å². The number of benzene rings is 2. The Hall–Kier alpha value is -2.12. The molecule has 0 bridgehead atoms. The first-order valence-electron chi connectivity index (χ1n) is 10.3. The minimum Gasteiger partial charge on any atom is -0.506 e. The number of unbranched alkanes of at least 4 members (excludes halogenated alkanes) is 2. The van der Waals surface area contributed by atoms with Crippen LogP contribution < -0.4 is 4.74 Å². The Bertz CT molecular complexity index is 1090. The van der Waals surface area contributed by atoms with Crippen LogP contribution in [0.5, 0.6) is 11.5 Å². The Balaban J connectivity index is 2.02. The molecular formula is C24H24Br2O5. The second-order valence-electron chi connectivity index (χ2n) is 7.36. The molecule has 1 heterocycles. The van der Waals surface area contributed by atoms with Crippen molar-refractivity contribution >= 4 is 54.6 Å². The van der Waals surface area contributed by atoms with Crippen molar-refractivity contribution in [2.45, 2.75) is 52.4 Å². The van der Waals surface area contributed by atoms with Crippen LogP contribution >= 0.6 is 31.9 Å². The smallest absolute Gasteiger partial charge is 0.311 e. The second kappa shape index (κ2) is 10.5. The molecule has 1 N–H and O–H groups in total. The van der Waals surface area contributed by atoms with Crippen LogP contribution in [0.4, 0.5) is 0 Å². The van der Waals surface area contributed by atoms with Gasteiger partial charge in [0.05, 0.1) is 14.5 Å². The minimum absolute atomic E-state index is 0.0364. The molecule has 0 amide bonds. The van der Waals surface area contributed by atoms with Gasteiger partial charge >= 0.3 is 5.97 Å². The van der Waals surface area contributed by atoms with Gasteiger partial charge in [-0.2, -0.15) is 0 Å². The molecule has 0 spiro atoms. The highest BCUT2D eigenvalue weighted by molar-refractivity contribution is 9.11. The average Bonchev–Trinajstić information content (AvgIpc) is 3.11. The van der Waals surface area contributed by atoms with Gasteiger partial charge in [-0.15, -0.1) is 0 Å². The first kappa shape index (κ1) is 23.5. The van der Waals surface area contributed by atoms with Gasteiger partial charge in [-0.3, -0.25) is 9.59 Å². The number of aromatic hydroxyl groups is 1. The topological polar surface area (TPSA) is 76.7 Å². The Labute approximate surface area is 198 Å². The van der Waals surface area contributed by atoms with E-state index in [9.17, 15) is 14.7 Å². The van der Waals surface area contributed by atoms with Crippen LogP contribution in [-0.4, -0.2) is 16.9 Å². The number of fused-ring (bicyclic) bond motifs is 1. The van der Waals surface area contributed by atoms with Crippen molar-refractivity contribution in [2.24, 2.45) is 0 Å². The summed E-state index contributed by atoms with van der Waals surface area (Å²) in [5, 5.41) is 10.6. The predicted octanol–water partition coefficient (Wildman–Crippen LogP) is 7.33. The lowest BCUT2D eigenvalue weighted by molar-refractivity contribution is -0.134. The number of rotatable bonds is 9. The van der Waals surface area contributed by atoms with E-state index < -0.39 is 0 Å². The molecule has 0 saturated carbocycles. The summed E-state index contributed by atoms with van der Waals surface area (Å²) in [5.74, 6) is 0.567. The van der Waals surface area contributed by atoms with E-state index in [0.29, 0.717) is 55.4 Å². The van der Waals surface area contributed by atoms with E-state index in [1.54, 1.807) is 30.3 Å². The summed E-state index contributed by atoms with van der Waals surface area (Å²) in [6.07, 6.45) is 4.52. The highest BCUT2D eigenvalue weighted by Crippen LogP contribution is 2.36. The normalized spacial score (nSPS) is 11.1. The molecule has 7 heteroatoms. The third kappa shape index (κ3) is 5.39. The molecule has 164 valence electrons. The van der Waals surface area contributed by atoms with Crippen molar-refractivity contribution in [1.29, 1.82) is 0 Å². The summed E-state index contributed by atoms with van der Waals surface area (Å²) in [6.45, 7) is 4.09. The lowest BCUT2D eigenvalue weighted by Gasteiger charge is -2.07. The molecule has 3 aromatic rings. The number of aryl methyl sites for hydroxylation is 1. The summed E-state index contributed by atoms with van der Waals surface area (Å²) in [4.78, 5) is 25.4. The van der Waals surface area contributed by atoms with E-state index in [1.165, 1.54) is 0 Å². The van der Waals surface area contributed by atoms with Gasteiger partial charge in [0.1, 0.15) is 22.8 Å². The maximum absolute atomic E-state index is 13.4. The van der Waals surface area contributed by atoms with E-state index in [0.717, 1.165) is 25.7 Å². The summed E-state index contributed by atoms with van der Waals surface area (Å²) in [6, 6.07) is 8.29. The maximum Gasteiger partial charge on any atom is 0.311 e. The number of carbonyl (C=O) groups is 2. The van der Waals surface area contributed by atoms with Gasteiger partial charge < -0.3 is 14.3 Å². The molecule has 3 rings (SSSR count). The van der Waals surface area contributed by atoms with Crippen molar-refractivity contribution in [3.8, 4) is 11.5 Å². The number of hydrogen-bond donors (Lipinski definition) is 1. The van der Waals surface area contributed by atoms with Crippen molar-refractivity contribution in [2.75, 3.05) is 0 Å². The van der Waals surface area contributed by atoms with Crippen molar-refractivity contribution in [3.05, 3.63) is 56.2 Å². The lowest BCUT2D eigenvalue weighted by atomic mass is 9.98. The zero-order valence-corrected chi connectivity index (χ0v) is 20.6. The fraction of sp³-hybridized carbons (Fsp3) is 0.333. The van der Waals surface area contributed by atoms with Crippen LogP contribution in [-0.2, 0) is 11.2 Å². The van der Waals surface area contributed by atoms with Gasteiger partial charge in [-0.05, 0) is 69.0 Å². The molecule has 0 aliphatic carbocycles. The van der Waals surface area contributed by atoms with Crippen LogP contribution in [0.15, 0.2) is 43.7 Å². The van der Waals surface area contributed by atoms with Crippen LogP contribution in [0.2, 0.25) is 0 Å². The number of esters is 1. The molecule has 0 atom stereocenters. The van der Waals surface area contributed by atoms with E-state index >= 15 is 0 Å². The number of furan rings is 1. The SMILES string of the molecule is CCCCC(=O)Oc1ccc2c(C(=O)c3cc(Br)c(O)c(Br)c3)c(CCCC)oc2c1. The Morgan fingerprint density at radius 1 is 1.03 bits per heavy atom. The Morgan fingerprint density at radius 2 is 1.71 bits per heavy atom. The molecule has 0 radical (unpaired) electrons. The zero-order chi connectivity index (χ0) is 22.5. The van der Waals surface area contributed by atoms with E-state index in [1.807, 2.05) is 6.92 Å². The molecule has 1 aromatic heterocycles. The predicted molar refractivity (Wildman–Crippen MR) is 127 cm³/mol. The van der Waals surface area contributed by atoms with Gasteiger partial charge in [0.2, 0.25) is 0 Å². The highest BCUT2D eigenvalue weighted by atomic mass is 79.9. The molecule has 0 unspecified atom stereocenters. The van der Waals surface area contributed by atoms with Gasteiger partial charge in [-0.1, -0.05) is 26.7 Å². The van der Waals surface area contributed by atoms with E-state index in [2.05, 4.69) is 38.8 Å². The number of phenols is 1. The first-order valence-corrected chi connectivity index (χ1v) is 11.9. The highest BCUT2D eigenvalue weighted by Gasteiger charge is 2.24. The van der Waals surface area contributed by atoms with E-state index in [4.69, 9.17) is 9.15 Å². The van der Waals surface area contributed by atoms with Gasteiger partial charge in [0.15, 0.2) is 5.78 Å². The molecule has 31 heavy (non-hydrogen) atoms. The third-order valence-electron chi connectivity index (χ3n) is 4.96. The summed E-state index contributed by atoms with van der Waals surface area (Å²) >= 11 is 6.57. The number of carbonyl (C=O) groups excluding carboxylic acids is 2. The van der Waals surface area contributed by atoms with Gasteiger partial charge in [0, 0.05) is 29.9 Å². The molecule has 0 fully saturated rings. The number of ether oxygens (including phenoxy) is 1. The molecular weight excluding hydrogens is 528 g/mol. The lowest BCUT2D eigenvalue weighted by Crippen LogP contribution is -2.07. The van der Waals surface area contributed by atoms with Crippen LogP contribution in [0.25, 0.3) is 11.0 Å². The largest absolute Gasteiger partial charge is 0.506 e. The molecule has 0 aliphatic heterocycles. The van der Waals surface area contributed by atoms with Crippen molar-refractivity contribution in [3.63, 3.8) is 0 Å². The fourth-order valence-corrected chi connectivity index (χ4v) is 4.48. The summed E-state index contributed by atoms with van der Waals surface area (Å²) in [5.41, 5.74) is 1.43. The minimum atomic E-state index is -0.283. The maximum atomic E-state index is 13.4. The summed E-state index contributed by atoms with van der Waals surface area (Å²) in [7, 11) is 0. The standard InChI is InChI=1S/C24H24Br2O5/c1-3-5-7-19-22(23(28)14-11-17(25)24(29)18(26)12-14)16-10-9-15(13-20(16)31-19)30-21(27)8-6-4-2/h9-13,29H,3-8H2,1-2H3. The molecule has 0 saturated heterocycles. The zero-order valence-electron chi connectivity index (χ0n) is 17.5. The monoisotopic (exact) mass is 550 g/mol. The van der Waals surface area contributed by atoms with Gasteiger partial charge in [0.25, 0.3) is 0 Å². The number of halogens is 2. The number of phenolic OH excluding ortho intramolecular Hbond substituents is 1. The van der Waals surface area contributed by atoms with Crippen molar-refractivity contribution < 1.29 is 23.8 Å². The van der Waals surface area contributed by atoms with Crippen LogP contribution in [0.1, 0.15) is 67.6 Å². The molecule has 5 nitrogen and oxygen atoms in total. The first-order chi connectivity index (χ1) is 14.8. The van der Waals surface area contributed by atoms with Gasteiger partial charge in [-0.25, -0.2) is 0 Å². The quantitative estimate of drug-likeness (QED) is 0.171.